The fraction of sp³-hybridized carbons (Fsp3) is 0.286. The highest BCUT2D eigenvalue weighted by atomic mass is 16.5. The van der Waals surface area contributed by atoms with Crippen LogP contribution in [0.15, 0.2) is 39.0 Å². The minimum absolute atomic E-state index is 0.0780. The van der Waals surface area contributed by atoms with Gasteiger partial charge >= 0.3 is 5.69 Å². The zero-order valence-electron chi connectivity index (χ0n) is 12.3. The van der Waals surface area contributed by atoms with Crippen LogP contribution in [0, 0.1) is 0 Å². The number of morpholine rings is 1. The van der Waals surface area contributed by atoms with Crippen LogP contribution in [0.25, 0.3) is 0 Å². The molecule has 0 atom stereocenters. The van der Waals surface area contributed by atoms with E-state index in [-0.39, 0.29) is 5.82 Å². The number of aromatic nitrogens is 3. The highest BCUT2D eigenvalue weighted by Gasteiger charge is 2.10. The van der Waals surface area contributed by atoms with Gasteiger partial charge in [-0.25, -0.2) is 9.89 Å². The Morgan fingerprint density at radius 1 is 1.22 bits per heavy atom. The summed E-state index contributed by atoms with van der Waals surface area (Å²) in [5, 5.41) is 9.61. The Morgan fingerprint density at radius 3 is 2.65 bits per heavy atom. The molecule has 2 heterocycles. The molecule has 1 aliphatic heterocycles. The molecule has 2 aromatic rings. The molecule has 1 saturated heterocycles. The van der Waals surface area contributed by atoms with Gasteiger partial charge in [-0.05, 0) is 17.7 Å². The monoisotopic (exact) mass is 316 g/mol. The molecule has 9 heteroatoms. The van der Waals surface area contributed by atoms with E-state index >= 15 is 0 Å². The van der Waals surface area contributed by atoms with E-state index in [1.807, 2.05) is 29.2 Å². The van der Waals surface area contributed by atoms with Gasteiger partial charge in [0.05, 0.1) is 19.4 Å². The van der Waals surface area contributed by atoms with E-state index in [9.17, 15) is 9.59 Å². The molecule has 0 saturated carbocycles. The van der Waals surface area contributed by atoms with E-state index in [0.29, 0.717) is 0 Å². The minimum atomic E-state index is -0.664. The Hall–Kier alpha value is -2.94. The third-order valence-corrected chi connectivity index (χ3v) is 3.36. The van der Waals surface area contributed by atoms with Crippen molar-refractivity contribution in [2.24, 2.45) is 5.10 Å². The maximum atomic E-state index is 11.4. The van der Waals surface area contributed by atoms with Crippen molar-refractivity contribution >= 4 is 17.7 Å². The Balaban J connectivity index is 1.63. The van der Waals surface area contributed by atoms with Crippen LogP contribution >= 0.6 is 0 Å². The zero-order chi connectivity index (χ0) is 16.1. The molecule has 23 heavy (non-hydrogen) atoms. The average molecular weight is 316 g/mol. The fourth-order valence-electron chi connectivity index (χ4n) is 2.18. The number of H-pyrrole nitrogens is 2. The largest absolute Gasteiger partial charge is 0.378 e. The van der Waals surface area contributed by atoms with Crippen LogP contribution < -0.4 is 21.6 Å². The molecule has 0 spiro atoms. The number of ether oxygens (including phenoxy) is 1. The number of nitrogens with one attached hydrogen (secondary N) is 3. The molecule has 1 fully saturated rings. The second-order valence-corrected chi connectivity index (χ2v) is 4.92. The molecule has 9 nitrogen and oxygen atoms in total. The molecule has 0 radical (unpaired) electrons. The van der Waals surface area contributed by atoms with Crippen molar-refractivity contribution < 1.29 is 4.74 Å². The van der Waals surface area contributed by atoms with Gasteiger partial charge in [0.1, 0.15) is 0 Å². The first-order valence-electron chi connectivity index (χ1n) is 7.13. The van der Waals surface area contributed by atoms with Crippen LogP contribution in [0.3, 0.4) is 0 Å². The summed E-state index contributed by atoms with van der Waals surface area (Å²) in [7, 11) is 0. The molecule has 3 N–H and O–H groups in total. The Bertz CT molecular complexity index is 789. The van der Waals surface area contributed by atoms with Crippen LogP contribution in [-0.4, -0.2) is 47.7 Å². The zero-order valence-corrected chi connectivity index (χ0v) is 12.3. The number of hydrogen-bond acceptors (Lipinski definition) is 7. The summed E-state index contributed by atoms with van der Waals surface area (Å²) in [4.78, 5) is 26.6. The van der Waals surface area contributed by atoms with E-state index < -0.39 is 11.2 Å². The second kappa shape index (κ2) is 6.88. The summed E-state index contributed by atoms with van der Waals surface area (Å²) < 4.78 is 5.33. The lowest BCUT2D eigenvalue weighted by Gasteiger charge is -2.28. The van der Waals surface area contributed by atoms with Gasteiger partial charge < -0.3 is 9.64 Å². The lowest BCUT2D eigenvalue weighted by molar-refractivity contribution is 0.122. The van der Waals surface area contributed by atoms with Crippen molar-refractivity contribution in [1.82, 2.24) is 15.2 Å². The highest BCUT2D eigenvalue weighted by Crippen LogP contribution is 2.15. The molecule has 0 bridgehead atoms. The van der Waals surface area contributed by atoms with Crippen LogP contribution in [0.2, 0.25) is 0 Å². The quantitative estimate of drug-likeness (QED) is 0.529. The number of rotatable bonds is 4. The van der Waals surface area contributed by atoms with Gasteiger partial charge in [-0.15, -0.1) is 5.10 Å². The lowest BCUT2D eigenvalue weighted by atomic mass is 10.2. The van der Waals surface area contributed by atoms with E-state index in [1.165, 1.54) is 0 Å². The van der Waals surface area contributed by atoms with Gasteiger partial charge in [0.2, 0.25) is 5.82 Å². The van der Waals surface area contributed by atoms with Crippen LogP contribution in [0.5, 0.6) is 0 Å². The smallest absolute Gasteiger partial charge is 0.342 e. The van der Waals surface area contributed by atoms with Crippen LogP contribution in [-0.2, 0) is 4.74 Å². The topological polar surface area (TPSA) is 115 Å². The van der Waals surface area contributed by atoms with Crippen molar-refractivity contribution in [1.29, 1.82) is 0 Å². The van der Waals surface area contributed by atoms with Crippen LogP contribution in [0.4, 0.5) is 11.5 Å². The number of hydrogen-bond donors (Lipinski definition) is 3. The molecule has 120 valence electrons. The predicted octanol–water partition coefficient (Wildman–Crippen LogP) is -0.259. The van der Waals surface area contributed by atoms with E-state index in [4.69, 9.17) is 4.74 Å². The third kappa shape index (κ3) is 3.83. The second-order valence-electron chi connectivity index (χ2n) is 4.92. The third-order valence-electron chi connectivity index (χ3n) is 3.36. The first-order valence-corrected chi connectivity index (χ1v) is 7.13. The average Bonchev–Trinajstić information content (AvgIpc) is 2.58. The molecular formula is C14H16N6O3. The fourth-order valence-corrected chi connectivity index (χ4v) is 2.18. The molecule has 0 amide bonds. The Morgan fingerprint density at radius 2 is 1.96 bits per heavy atom. The molecule has 0 aliphatic carbocycles. The van der Waals surface area contributed by atoms with E-state index in [0.717, 1.165) is 37.6 Å². The van der Waals surface area contributed by atoms with E-state index in [1.54, 1.807) is 6.21 Å². The van der Waals surface area contributed by atoms with Crippen molar-refractivity contribution in [2.75, 3.05) is 36.6 Å². The maximum Gasteiger partial charge on any atom is 0.342 e. The summed E-state index contributed by atoms with van der Waals surface area (Å²) in [6, 6.07) is 7.89. The number of aromatic amines is 2. The van der Waals surface area contributed by atoms with Gasteiger partial charge in [0.15, 0.2) is 0 Å². The van der Waals surface area contributed by atoms with Crippen molar-refractivity contribution in [2.45, 2.75) is 0 Å². The minimum Gasteiger partial charge on any atom is -0.378 e. The standard InChI is InChI=1S/C14H16N6O3/c21-13-12(18-19-14(22)16-13)17-15-9-10-1-3-11(4-2-10)20-5-7-23-8-6-20/h1-4,9H,5-8H2,(H,17,18)(H2,16,19,21,22)/b15-9+. The van der Waals surface area contributed by atoms with Gasteiger partial charge in [-0.1, -0.05) is 12.1 Å². The molecular weight excluding hydrogens is 300 g/mol. The molecule has 1 aromatic heterocycles. The SMILES string of the molecule is O=c1[nH]nc(N/N=C/c2ccc(N3CCOCC3)cc2)c(=O)[nH]1. The van der Waals surface area contributed by atoms with E-state index in [2.05, 4.69) is 25.6 Å². The Labute approximate surface area is 131 Å². The molecule has 1 aliphatic rings. The molecule has 3 rings (SSSR count). The first-order chi connectivity index (χ1) is 11.2. The summed E-state index contributed by atoms with van der Waals surface area (Å²) in [5.41, 5.74) is 3.20. The van der Waals surface area contributed by atoms with Crippen LogP contribution in [0.1, 0.15) is 5.56 Å². The summed E-state index contributed by atoms with van der Waals surface area (Å²) >= 11 is 0. The molecule has 0 unspecified atom stereocenters. The van der Waals surface area contributed by atoms with Gasteiger partial charge in [-0.2, -0.15) is 5.10 Å². The number of benzene rings is 1. The normalized spacial score (nSPS) is 15.0. The molecule has 1 aromatic carbocycles. The number of hydrazone groups is 1. The van der Waals surface area contributed by atoms with Crippen molar-refractivity contribution in [3.8, 4) is 0 Å². The summed E-state index contributed by atoms with van der Waals surface area (Å²) in [6.45, 7) is 3.26. The lowest BCUT2D eigenvalue weighted by Crippen LogP contribution is -2.36. The van der Waals surface area contributed by atoms with Gasteiger partial charge in [-0.3, -0.25) is 15.2 Å². The van der Waals surface area contributed by atoms with Crippen molar-refractivity contribution in [3.63, 3.8) is 0 Å². The maximum absolute atomic E-state index is 11.4. The number of nitrogens with zero attached hydrogens (tertiary/aromatic N) is 3. The first kappa shape index (κ1) is 15.0. The Kier molecular flexibility index (Phi) is 4.48. The van der Waals surface area contributed by atoms with Gasteiger partial charge in [0.25, 0.3) is 5.56 Å². The number of anilines is 2. The predicted molar refractivity (Wildman–Crippen MR) is 86.2 cm³/mol. The van der Waals surface area contributed by atoms with Gasteiger partial charge in [0, 0.05) is 18.8 Å². The van der Waals surface area contributed by atoms with Crippen molar-refractivity contribution in [3.05, 3.63) is 50.7 Å². The highest BCUT2D eigenvalue weighted by molar-refractivity contribution is 5.80. The summed E-state index contributed by atoms with van der Waals surface area (Å²) in [6.07, 6.45) is 1.56. The summed E-state index contributed by atoms with van der Waals surface area (Å²) in [5.74, 6) is -0.0780.